The van der Waals surface area contributed by atoms with E-state index in [9.17, 15) is 18.0 Å². The minimum Gasteiger partial charge on any atom is -0.493 e. The number of methoxy groups -OCH3 is 1. The van der Waals surface area contributed by atoms with Crippen molar-refractivity contribution in [1.82, 2.24) is 9.78 Å². The van der Waals surface area contributed by atoms with Gasteiger partial charge in [0.25, 0.3) is 5.91 Å². The number of esters is 1. The van der Waals surface area contributed by atoms with Gasteiger partial charge in [0, 0.05) is 4.88 Å². The molecule has 0 radical (unpaired) electrons. The van der Waals surface area contributed by atoms with Crippen LogP contribution >= 0.6 is 11.3 Å². The first-order chi connectivity index (χ1) is 15.3. The Hall–Kier alpha value is -3.18. The number of sulfone groups is 1. The Morgan fingerprint density at radius 3 is 2.69 bits per heavy atom. The van der Waals surface area contributed by atoms with Crippen LogP contribution in [0.1, 0.15) is 38.2 Å². The van der Waals surface area contributed by atoms with Gasteiger partial charge in [-0.05, 0) is 31.0 Å². The number of benzene rings is 1. The molecular weight excluding hydrogens is 454 g/mol. The highest BCUT2D eigenvalue weighted by Crippen LogP contribution is 2.39. The van der Waals surface area contributed by atoms with Crippen LogP contribution < -0.4 is 10.1 Å². The molecule has 0 saturated heterocycles. The topological polar surface area (TPSA) is 117 Å². The first kappa shape index (κ1) is 22.0. The number of anilines is 1. The van der Waals surface area contributed by atoms with Crippen LogP contribution in [-0.2, 0) is 26.7 Å². The molecule has 0 spiro atoms. The highest BCUT2D eigenvalue weighted by molar-refractivity contribution is 7.90. The summed E-state index contributed by atoms with van der Waals surface area (Å²) in [6, 6.07) is 9.23. The Morgan fingerprint density at radius 2 is 2.00 bits per heavy atom. The molecule has 1 aliphatic rings. The van der Waals surface area contributed by atoms with Crippen LogP contribution in [0, 0.1) is 0 Å². The molecule has 168 valence electrons. The summed E-state index contributed by atoms with van der Waals surface area (Å²) >= 11 is 1.07. The van der Waals surface area contributed by atoms with E-state index in [1.807, 2.05) is 30.3 Å². The number of rotatable bonds is 6. The fraction of sp³-hybridized carbons (Fsp3) is 0.286. The fourth-order valence-electron chi connectivity index (χ4n) is 3.47. The Kier molecular flexibility index (Phi) is 6.02. The molecule has 3 heterocycles. The number of thiophene rings is 1. The maximum Gasteiger partial charge on any atom is 0.341 e. The van der Waals surface area contributed by atoms with Crippen LogP contribution in [0.3, 0.4) is 0 Å². The molecule has 1 aromatic carbocycles. The van der Waals surface area contributed by atoms with Crippen molar-refractivity contribution >= 4 is 38.1 Å². The molecule has 32 heavy (non-hydrogen) atoms. The Balaban J connectivity index is 1.70. The molecule has 0 unspecified atom stereocenters. The molecule has 3 aromatic rings. The number of carbonyl (C=O) groups is 2. The second-order valence-corrected chi connectivity index (χ2v) is 10.3. The van der Waals surface area contributed by atoms with Gasteiger partial charge in [0.2, 0.25) is 0 Å². The highest BCUT2D eigenvalue weighted by atomic mass is 32.2. The van der Waals surface area contributed by atoms with E-state index >= 15 is 0 Å². The molecule has 0 fully saturated rings. The van der Waals surface area contributed by atoms with Crippen molar-refractivity contribution in [2.24, 2.45) is 0 Å². The zero-order valence-corrected chi connectivity index (χ0v) is 19.1. The maximum absolute atomic E-state index is 13.1. The third kappa shape index (κ3) is 4.26. The van der Waals surface area contributed by atoms with Gasteiger partial charge in [-0.1, -0.05) is 18.2 Å². The van der Waals surface area contributed by atoms with E-state index in [0.717, 1.165) is 17.0 Å². The van der Waals surface area contributed by atoms with E-state index in [2.05, 4.69) is 10.4 Å². The van der Waals surface area contributed by atoms with E-state index in [4.69, 9.17) is 9.47 Å². The Morgan fingerprint density at radius 1 is 1.25 bits per heavy atom. The fourth-order valence-corrected chi connectivity index (χ4v) is 6.50. The molecule has 0 saturated carbocycles. The van der Waals surface area contributed by atoms with E-state index in [1.54, 1.807) is 13.1 Å². The van der Waals surface area contributed by atoms with Crippen LogP contribution in [0.2, 0.25) is 0 Å². The number of nitrogens with one attached hydrogen (secondary N) is 1. The molecular formula is C21H21N3O6S2. The molecule has 11 heteroatoms. The summed E-state index contributed by atoms with van der Waals surface area (Å²) in [6.07, 6.45) is 1.78. The summed E-state index contributed by atoms with van der Waals surface area (Å²) in [5.41, 5.74) is 1.59. The van der Waals surface area contributed by atoms with Crippen LogP contribution in [0.4, 0.5) is 5.00 Å². The van der Waals surface area contributed by atoms with Gasteiger partial charge in [-0.15, -0.1) is 11.3 Å². The summed E-state index contributed by atoms with van der Waals surface area (Å²) in [7, 11) is -1.81. The number of ether oxygens (including phenoxy) is 2. The summed E-state index contributed by atoms with van der Waals surface area (Å²) in [5, 5.41) is 7.30. The van der Waals surface area contributed by atoms with Crippen molar-refractivity contribution in [1.29, 1.82) is 0 Å². The molecule has 0 atom stereocenters. The number of aromatic nitrogens is 2. The van der Waals surface area contributed by atoms with E-state index in [1.165, 1.54) is 11.8 Å². The Labute approximate surface area is 188 Å². The smallest absolute Gasteiger partial charge is 0.341 e. The van der Waals surface area contributed by atoms with E-state index in [-0.39, 0.29) is 46.5 Å². The SMILES string of the molecule is CCOC(=O)c1c(NC(=O)c2nn(-c3ccccc3)cc2OC)sc2c1CCS(=O)(=O)C2. The van der Waals surface area contributed by atoms with Gasteiger partial charge in [0.1, 0.15) is 5.00 Å². The monoisotopic (exact) mass is 475 g/mol. The van der Waals surface area contributed by atoms with Gasteiger partial charge in [0.15, 0.2) is 21.3 Å². The second-order valence-electron chi connectivity index (χ2n) is 7.05. The first-order valence-corrected chi connectivity index (χ1v) is 12.5. The number of hydrogen-bond acceptors (Lipinski definition) is 8. The van der Waals surface area contributed by atoms with Crippen LogP contribution in [-0.4, -0.2) is 49.5 Å². The molecule has 4 rings (SSSR count). The van der Waals surface area contributed by atoms with E-state index in [0.29, 0.717) is 10.4 Å². The van der Waals surface area contributed by atoms with Gasteiger partial charge in [-0.2, -0.15) is 5.10 Å². The lowest BCUT2D eigenvalue weighted by molar-refractivity contribution is 0.0527. The van der Waals surface area contributed by atoms with Crippen molar-refractivity contribution in [2.75, 3.05) is 24.8 Å². The Bertz CT molecular complexity index is 1280. The zero-order chi connectivity index (χ0) is 22.9. The van der Waals surface area contributed by atoms with Crippen molar-refractivity contribution in [3.63, 3.8) is 0 Å². The predicted octanol–water partition coefficient (Wildman–Crippen LogP) is 2.84. The second kappa shape index (κ2) is 8.75. The summed E-state index contributed by atoms with van der Waals surface area (Å²) in [6.45, 7) is 1.84. The normalized spacial score (nSPS) is 14.4. The average Bonchev–Trinajstić information content (AvgIpc) is 3.34. The summed E-state index contributed by atoms with van der Waals surface area (Å²) in [5.74, 6) is -1.13. The summed E-state index contributed by atoms with van der Waals surface area (Å²) in [4.78, 5) is 26.2. The quantitative estimate of drug-likeness (QED) is 0.545. The van der Waals surface area contributed by atoms with Crippen LogP contribution in [0.15, 0.2) is 36.5 Å². The minimum absolute atomic E-state index is 0.0326. The molecule has 0 bridgehead atoms. The standard InChI is InChI=1S/C21H21N3O6S2/c1-3-30-21(26)17-14-9-10-32(27,28)12-16(14)31-20(17)22-19(25)18-15(29-2)11-24(23-18)13-7-5-4-6-8-13/h4-8,11H,3,9-10,12H2,1-2H3,(H,22,25). The number of fused-ring (bicyclic) bond motifs is 1. The van der Waals surface area contributed by atoms with Gasteiger partial charge < -0.3 is 14.8 Å². The lowest BCUT2D eigenvalue weighted by Crippen LogP contribution is -2.20. The lowest BCUT2D eigenvalue weighted by atomic mass is 10.1. The molecule has 1 aliphatic heterocycles. The summed E-state index contributed by atoms with van der Waals surface area (Å²) < 4.78 is 36.1. The van der Waals surface area contributed by atoms with Gasteiger partial charge in [0.05, 0.1) is 42.7 Å². The minimum atomic E-state index is -3.25. The van der Waals surface area contributed by atoms with Crippen molar-refractivity contribution in [2.45, 2.75) is 19.1 Å². The molecule has 1 amide bonds. The average molecular weight is 476 g/mol. The van der Waals surface area contributed by atoms with E-state index < -0.39 is 21.7 Å². The first-order valence-electron chi connectivity index (χ1n) is 9.85. The third-order valence-electron chi connectivity index (χ3n) is 4.95. The number of carbonyl (C=O) groups excluding carboxylic acids is 2. The number of hydrogen-bond donors (Lipinski definition) is 1. The van der Waals surface area contributed by atoms with Crippen molar-refractivity contribution < 1.29 is 27.5 Å². The molecule has 9 nitrogen and oxygen atoms in total. The predicted molar refractivity (Wildman–Crippen MR) is 120 cm³/mol. The zero-order valence-electron chi connectivity index (χ0n) is 17.5. The largest absolute Gasteiger partial charge is 0.493 e. The molecule has 0 aliphatic carbocycles. The van der Waals surface area contributed by atoms with Gasteiger partial charge >= 0.3 is 5.97 Å². The molecule has 2 aromatic heterocycles. The third-order valence-corrected chi connectivity index (χ3v) is 7.83. The van der Waals surface area contributed by atoms with Gasteiger partial charge in [-0.25, -0.2) is 17.9 Å². The van der Waals surface area contributed by atoms with Crippen LogP contribution in [0.5, 0.6) is 5.75 Å². The highest BCUT2D eigenvalue weighted by Gasteiger charge is 2.32. The van der Waals surface area contributed by atoms with Crippen LogP contribution in [0.25, 0.3) is 5.69 Å². The number of amides is 1. The maximum atomic E-state index is 13.1. The number of nitrogens with zero attached hydrogens (tertiary/aromatic N) is 2. The number of para-hydroxylation sites is 1. The van der Waals surface area contributed by atoms with Crippen molar-refractivity contribution in [3.8, 4) is 11.4 Å². The lowest BCUT2D eigenvalue weighted by Gasteiger charge is -2.13. The molecule has 1 N–H and O–H groups in total. The van der Waals surface area contributed by atoms with Gasteiger partial charge in [-0.3, -0.25) is 4.79 Å². The van der Waals surface area contributed by atoms with Crippen molar-refractivity contribution in [3.05, 3.63) is 58.2 Å².